The second kappa shape index (κ2) is 7.09. The molecular formula is C12H26N2O4S. The summed E-state index contributed by atoms with van der Waals surface area (Å²) in [6, 6.07) is -0.465. The fourth-order valence-corrected chi connectivity index (χ4v) is 2.48. The Balaban J connectivity index is 4.65. The summed E-state index contributed by atoms with van der Waals surface area (Å²) in [7, 11) is -2.02. The maximum atomic E-state index is 11.7. The van der Waals surface area contributed by atoms with Crippen LogP contribution < -0.4 is 10.0 Å². The van der Waals surface area contributed by atoms with E-state index >= 15 is 0 Å². The highest BCUT2D eigenvalue weighted by Crippen LogP contribution is 2.10. The third-order valence-electron chi connectivity index (χ3n) is 2.21. The van der Waals surface area contributed by atoms with Crippen LogP contribution in [0, 0.1) is 5.92 Å². The maximum absolute atomic E-state index is 11.7. The van der Waals surface area contributed by atoms with Gasteiger partial charge in [-0.1, -0.05) is 13.8 Å². The topological polar surface area (TPSA) is 84.5 Å². The monoisotopic (exact) mass is 294 g/mol. The lowest BCUT2D eigenvalue weighted by Crippen LogP contribution is -2.44. The molecule has 0 aromatic carbocycles. The number of hydrogen-bond donors (Lipinski definition) is 2. The summed E-state index contributed by atoms with van der Waals surface area (Å²) in [6.45, 7) is 9.21. The highest BCUT2D eigenvalue weighted by molar-refractivity contribution is 7.89. The normalized spacial score (nSPS) is 14.3. The number of carbonyl (C=O) groups is 1. The third-order valence-corrected chi connectivity index (χ3v) is 3.67. The standard InChI is InChI=1S/C12H26N2O4S/c1-9(2)7-10(8-19(16,17)13-6)14-11(15)18-12(3,4)5/h9-10,13H,7-8H2,1-6H3,(H,14,15). The Labute approximate surface area is 116 Å². The van der Waals surface area contributed by atoms with Crippen LogP contribution in [-0.4, -0.2) is 39.0 Å². The molecule has 6 nitrogen and oxygen atoms in total. The Morgan fingerprint density at radius 3 is 2.16 bits per heavy atom. The summed E-state index contributed by atoms with van der Waals surface area (Å²) >= 11 is 0. The average Bonchev–Trinajstić information content (AvgIpc) is 2.12. The van der Waals surface area contributed by atoms with Crippen molar-refractivity contribution in [2.45, 2.75) is 52.7 Å². The predicted octanol–water partition coefficient (Wildman–Crippen LogP) is 1.47. The van der Waals surface area contributed by atoms with E-state index in [0.717, 1.165) is 0 Å². The average molecular weight is 294 g/mol. The van der Waals surface area contributed by atoms with Crippen LogP contribution in [-0.2, 0) is 14.8 Å². The molecule has 0 aromatic rings. The first-order valence-corrected chi connectivity index (χ1v) is 8.01. The minimum Gasteiger partial charge on any atom is -0.444 e. The van der Waals surface area contributed by atoms with E-state index in [1.807, 2.05) is 13.8 Å². The lowest BCUT2D eigenvalue weighted by Gasteiger charge is -2.24. The highest BCUT2D eigenvalue weighted by Gasteiger charge is 2.23. The highest BCUT2D eigenvalue weighted by atomic mass is 32.2. The Morgan fingerprint density at radius 1 is 1.26 bits per heavy atom. The molecule has 0 bridgehead atoms. The van der Waals surface area contributed by atoms with E-state index in [9.17, 15) is 13.2 Å². The van der Waals surface area contributed by atoms with Crippen LogP contribution >= 0.6 is 0 Å². The molecule has 0 radical (unpaired) electrons. The van der Waals surface area contributed by atoms with Crippen molar-refractivity contribution in [3.05, 3.63) is 0 Å². The van der Waals surface area contributed by atoms with Crippen molar-refractivity contribution in [3.8, 4) is 0 Å². The SMILES string of the molecule is CNS(=O)(=O)CC(CC(C)C)NC(=O)OC(C)(C)C. The summed E-state index contributed by atoms with van der Waals surface area (Å²) in [6.07, 6.45) is -0.0235. The number of alkyl carbamates (subject to hydrolysis) is 1. The number of hydrogen-bond acceptors (Lipinski definition) is 4. The first-order chi connectivity index (χ1) is 8.45. The van der Waals surface area contributed by atoms with E-state index in [4.69, 9.17) is 4.74 Å². The van der Waals surface area contributed by atoms with Crippen molar-refractivity contribution >= 4 is 16.1 Å². The molecule has 0 aromatic heterocycles. The van der Waals surface area contributed by atoms with Crippen LogP contribution in [0.3, 0.4) is 0 Å². The van der Waals surface area contributed by atoms with Gasteiger partial charge in [-0.15, -0.1) is 0 Å². The molecule has 0 saturated carbocycles. The fraction of sp³-hybridized carbons (Fsp3) is 0.917. The molecule has 7 heteroatoms. The molecule has 0 aliphatic carbocycles. The lowest BCUT2D eigenvalue weighted by molar-refractivity contribution is 0.0504. The van der Waals surface area contributed by atoms with Gasteiger partial charge in [0.15, 0.2) is 0 Å². The lowest BCUT2D eigenvalue weighted by atomic mass is 10.1. The Morgan fingerprint density at radius 2 is 1.79 bits per heavy atom. The molecule has 2 N–H and O–H groups in total. The number of carbonyl (C=O) groups excluding carboxylic acids is 1. The van der Waals surface area contributed by atoms with Crippen LogP contribution in [0.2, 0.25) is 0 Å². The van der Waals surface area contributed by atoms with Crippen LogP contribution in [0.1, 0.15) is 41.0 Å². The van der Waals surface area contributed by atoms with E-state index in [0.29, 0.717) is 6.42 Å². The number of rotatable bonds is 6. The first kappa shape index (κ1) is 18.2. The molecule has 0 spiro atoms. The second-order valence-corrected chi connectivity index (χ2v) is 7.93. The molecule has 0 rings (SSSR count). The van der Waals surface area contributed by atoms with Crippen LogP contribution in [0.25, 0.3) is 0 Å². The van der Waals surface area contributed by atoms with Crippen LogP contribution in [0.15, 0.2) is 0 Å². The zero-order valence-corrected chi connectivity index (χ0v) is 13.4. The van der Waals surface area contributed by atoms with E-state index in [1.54, 1.807) is 20.8 Å². The quantitative estimate of drug-likeness (QED) is 0.777. The number of ether oxygens (including phenoxy) is 1. The van der Waals surface area contributed by atoms with Crippen LogP contribution in [0.4, 0.5) is 4.79 Å². The van der Waals surface area contributed by atoms with Gasteiger partial charge in [-0.2, -0.15) is 0 Å². The Hall–Kier alpha value is -0.820. The van der Waals surface area contributed by atoms with Crippen molar-refractivity contribution in [3.63, 3.8) is 0 Å². The molecule has 0 saturated heterocycles. The molecular weight excluding hydrogens is 268 g/mol. The van der Waals surface area contributed by atoms with Gasteiger partial charge in [-0.05, 0) is 40.2 Å². The van der Waals surface area contributed by atoms with Gasteiger partial charge in [0, 0.05) is 6.04 Å². The van der Waals surface area contributed by atoms with E-state index < -0.39 is 27.8 Å². The van der Waals surface area contributed by atoms with Crippen LogP contribution in [0.5, 0.6) is 0 Å². The number of nitrogens with one attached hydrogen (secondary N) is 2. The van der Waals surface area contributed by atoms with Gasteiger partial charge in [-0.3, -0.25) is 0 Å². The molecule has 0 aliphatic rings. The summed E-state index contributed by atoms with van der Waals surface area (Å²) < 4.78 is 30.5. The Kier molecular flexibility index (Phi) is 6.79. The van der Waals surface area contributed by atoms with Gasteiger partial charge in [0.1, 0.15) is 5.60 Å². The van der Waals surface area contributed by atoms with Gasteiger partial charge >= 0.3 is 6.09 Å². The minimum atomic E-state index is -3.37. The van der Waals surface area contributed by atoms with E-state index in [1.165, 1.54) is 7.05 Å². The first-order valence-electron chi connectivity index (χ1n) is 6.36. The van der Waals surface area contributed by atoms with Crippen molar-refractivity contribution in [1.29, 1.82) is 0 Å². The summed E-state index contributed by atoms with van der Waals surface area (Å²) in [5.41, 5.74) is -0.603. The molecule has 1 unspecified atom stereocenters. The fourth-order valence-electron chi connectivity index (χ4n) is 1.56. The molecule has 114 valence electrons. The predicted molar refractivity (Wildman–Crippen MR) is 75.5 cm³/mol. The summed E-state index contributed by atoms with van der Waals surface area (Å²) in [5, 5.41) is 2.62. The smallest absolute Gasteiger partial charge is 0.407 e. The van der Waals surface area contributed by atoms with Gasteiger partial charge in [-0.25, -0.2) is 17.9 Å². The van der Waals surface area contributed by atoms with Gasteiger partial charge in [0.25, 0.3) is 0 Å². The zero-order valence-electron chi connectivity index (χ0n) is 12.6. The zero-order chi connectivity index (χ0) is 15.3. The van der Waals surface area contributed by atoms with Crippen molar-refractivity contribution < 1.29 is 17.9 Å². The third kappa shape index (κ3) is 9.72. The molecule has 1 atom stereocenters. The van der Waals surface area contributed by atoms with Gasteiger partial charge in [0.2, 0.25) is 10.0 Å². The van der Waals surface area contributed by atoms with Crippen molar-refractivity contribution in [1.82, 2.24) is 10.0 Å². The molecule has 0 fully saturated rings. The number of amides is 1. The van der Waals surface area contributed by atoms with Crippen molar-refractivity contribution in [2.24, 2.45) is 5.92 Å². The molecule has 1 amide bonds. The second-order valence-electron chi connectivity index (χ2n) is 5.96. The Bertz CT molecular complexity index is 385. The minimum absolute atomic E-state index is 0.152. The van der Waals surface area contributed by atoms with Gasteiger partial charge in [0.05, 0.1) is 5.75 Å². The summed E-state index contributed by atoms with van der Waals surface area (Å²) in [5.74, 6) is 0.119. The maximum Gasteiger partial charge on any atom is 0.407 e. The van der Waals surface area contributed by atoms with Crippen molar-refractivity contribution in [2.75, 3.05) is 12.8 Å². The van der Waals surface area contributed by atoms with E-state index in [-0.39, 0.29) is 11.7 Å². The largest absolute Gasteiger partial charge is 0.444 e. The van der Waals surface area contributed by atoms with Gasteiger partial charge < -0.3 is 10.1 Å². The molecule has 0 aliphatic heterocycles. The van der Waals surface area contributed by atoms with E-state index in [2.05, 4.69) is 10.0 Å². The number of sulfonamides is 1. The molecule has 19 heavy (non-hydrogen) atoms. The summed E-state index contributed by atoms with van der Waals surface area (Å²) in [4.78, 5) is 11.7. The molecule has 0 heterocycles.